The number of aromatic hydroxyl groups is 1. The summed E-state index contributed by atoms with van der Waals surface area (Å²) in [4.78, 5) is 3.63. The predicted octanol–water partition coefficient (Wildman–Crippen LogP) is 0.406. The fourth-order valence-electron chi connectivity index (χ4n) is 0.354. The standard InChI is InChI=1S/C5H5NO.Na/c7-5-2-1-3-6-4-5;/h1-4,7H;. The van der Waals surface area contributed by atoms with Gasteiger partial charge in [-0.3, -0.25) is 4.98 Å². The van der Waals surface area contributed by atoms with Crippen molar-refractivity contribution >= 4 is 29.6 Å². The zero-order valence-electron chi connectivity index (χ0n) is 4.70. The summed E-state index contributed by atoms with van der Waals surface area (Å²) in [5.41, 5.74) is 0. The first-order chi connectivity index (χ1) is 3.39. The van der Waals surface area contributed by atoms with Crippen molar-refractivity contribution in [2.75, 3.05) is 0 Å². The first-order valence-corrected chi connectivity index (χ1v) is 1.98. The fraction of sp³-hybridized carbons (Fsp3) is 0. The molecule has 0 saturated heterocycles. The van der Waals surface area contributed by atoms with Crippen LogP contribution in [-0.2, 0) is 0 Å². The molecular weight excluding hydrogens is 113 g/mol. The molecule has 0 aliphatic carbocycles. The zero-order valence-corrected chi connectivity index (χ0v) is 6.70. The summed E-state index contributed by atoms with van der Waals surface area (Å²) in [5.74, 6) is 0.211. The molecule has 0 amide bonds. The Balaban J connectivity index is 0.000000490. The third-order valence-electron chi connectivity index (χ3n) is 0.646. The second-order valence-electron chi connectivity index (χ2n) is 1.21. The first kappa shape index (κ1) is 7.95. The molecule has 0 atom stereocenters. The van der Waals surface area contributed by atoms with Gasteiger partial charge < -0.3 is 5.11 Å². The topological polar surface area (TPSA) is 33.1 Å². The van der Waals surface area contributed by atoms with E-state index < -0.39 is 0 Å². The monoisotopic (exact) mass is 118 g/mol. The van der Waals surface area contributed by atoms with Gasteiger partial charge in [0.15, 0.2) is 0 Å². The Kier molecular flexibility index (Phi) is 3.87. The van der Waals surface area contributed by atoms with Crippen LogP contribution in [0, 0.1) is 0 Å². The Hall–Kier alpha value is -0.0500. The number of hydrogen-bond donors (Lipinski definition) is 1. The van der Waals surface area contributed by atoms with Crippen molar-refractivity contribution in [1.82, 2.24) is 4.98 Å². The van der Waals surface area contributed by atoms with Gasteiger partial charge in [0.2, 0.25) is 0 Å². The Morgan fingerprint density at radius 3 is 2.50 bits per heavy atom. The molecule has 1 N–H and O–H groups in total. The Morgan fingerprint density at radius 1 is 1.50 bits per heavy atom. The van der Waals surface area contributed by atoms with Crippen LogP contribution < -0.4 is 0 Å². The maximum absolute atomic E-state index is 8.57. The van der Waals surface area contributed by atoms with E-state index in [2.05, 4.69) is 4.98 Å². The minimum Gasteiger partial charge on any atom is -0.506 e. The first-order valence-electron chi connectivity index (χ1n) is 1.98. The SMILES string of the molecule is Oc1cccnc1.[Na]. The van der Waals surface area contributed by atoms with Crippen LogP contribution in [0.25, 0.3) is 0 Å². The van der Waals surface area contributed by atoms with E-state index in [1.165, 1.54) is 6.20 Å². The van der Waals surface area contributed by atoms with Crippen molar-refractivity contribution in [1.29, 1.82) is 0 Å². The molecule has 37 valence electrons. The van der Waals surface area contributed by atoms with Crippen molar-refractivity contribution in [3.63, 3.8) is 0 Å². The van der Waals surface area contributed by atoms with Crippen LogP contribution in [0.1, 0.15) is 0 Å². The molecule has 1 aromatic rings. The van der Waals surface area contributed by atoms with Crippen LogP contribution in [-0.4, -0.2) is 39.6 Å². The quantitative estimate of drug-likeness (QED) is 0.500. The van der Waals surface area contributed by atoms with Crippen LogP contribution >= 0.6 is 0 Å². The number of aromatic nitrogens is 1. The van der Waals surface area contributed by atoms with Crippen LogP contribution in [0.4, 0.5) is 0 Å². The molecular formula is C5H5NNaO. The van der Waals surface area contributed by atoms with Crippen molar-refractivity contribution in [3.8, 4) is 5.75 Å². The van der Waals surface area contributed by atoms with Crippen molar-refractivity contribution < 1.29 is 5.11 Å². The van der Waals surface area contributed by atoms with E-state index in [0.717, 1.165) is 0 Å². The maximum atomic E-state index is 8.57. The summed E-state index contributed by atoms with van der Waals surface area (Å²) in [6, 6.07) is 3.25. The van der Waals surface area contributed by atoms with Crippen molar-refractivity contribution in [3.05, 3.63) is 24.5 Å². The van der Waals surface area contributed by atoms with E-state index in [1.54, 1.807) is 18.3 Å². The molecule has 0 fully saturated rings. The van der Waals surface area contributed by atoms with E-state index in [9.17, 15) is 0 Å². The second-order valence-corrected chi connectivity index (χ2v) is 1.21. The molecule has 0 spiro atoms. The Labute approximate surface area is 69.9 Å². The van der Waals surface area contributed by atoms with Gasteiger partial charge in [-0.15, -0.1) is 0 Å². The normalized spacial score (nSPS) is 7.50. The molecule has 1 radical (unpaired) electrons. The summed E-state index contributed by atoms with van der Waals surface area (Å²) >= 11 is 0. The summed E-state index contributed by atoms with van der Waals surface area (Å²) in [7, 11) is 0. The minimum atomic E-state index is 0. The van der Waals surface area contributed by atoms with Gasteiger partial charge in [0, 0.05) is 35.8 Å². The molecule has 0 saturated carbocycles. The second kappa shape index (κ2) is 3.89. The molecule has 3 heteroatoms. The summed E-state index contributed by atoms with van der Waals surface area (Å²) in [6.45, 7) is 0. The summed E-state index contributed by atoms with van der Waals surface area (Å²) < 4.78 is 0. The molecule has 0 aliphatic rings. The number of hydrogen-bond acceptors (Lipinski definition) is 2. The van der Waals surface area contributed by atoms with Crippen molar-refractivity contribution in [2.24, 2.45) is 0 Å². The van der Waals surface area contributed by atoms with Crippen LogP contribution in [0.3, 0.4) is 0 Å². The van der Waals surface area contributed by atoms with Gasteiger partial charge in [-0.25, -0.2) is 0 Å². The molecule has 8 heavy (non-hydrogen) atoms. The minimum absolute atomic E-state index is 0. The Bertz CT molecular complexity index is 142. The van der Waals surface area contributed by atoms with Gasteiger partial charge in [0.05, 0.1) is 6.20 Å². The number of rotatable bonds is 0. The average Bonchev–Trinajstić information content (AvgIpc) is 1.69. The van der Waals surface area contributed by atoms with Crippen LogP contribution in [0.5, 0.6) is 5.75 Å². The Morgan fingerprint density at radius 2 is 2.25 bits per heavy atom. The van der Waals surface area contributed by atoms with E-state index in [1.807, 2.05) is 0 Å². The van der Waals surface area contributed by atoms with Gasteiger partial charge in [0.25, 0.3) is 0 Å². The van der Waals surface area contributed by atoms with Gasteiger partial charge in [-0.2, -0.15) is 0 Å². The summed E-state index contributed by atoms with van der Waals surface area (Å²) in [5, 5.41) is 8.57. The maximum Gasteiger partial charge on any atom is 0.133 e. The largest absolute Gasteiger partial charge is 0.506 e. The molecule has 0 aromatic carbocycles. The third kappa shape index (κ3) is 2.31. The van der Waals surface area contributed by atoms with E-state index in [4.69, 9.17) is 5.11 Å². The molecule has 0 aliphatic heterocycles. The molecule has 1 heterocycles. The predicted molar refractivity (Wildman–Crippen MR) is 31.7 cm³/mol. The molecule has 0 unspecified atom stereocenters. The van der Waals surface area contributed by atoms with Gasteiger partial charge in [-0.05, 0) is 12.1 Å². The van der Waals surface area contributed by atoms with Gasteiger partial charge in [-0.1, -0.05) is 0 Å². The molecule has 2 nitrogen and oxygen atoms in total. The van der Waals surface area contributed by atoms with Gasteiger partial charge >= 0.3 is 0 Å². The van der Waals surface area contributed by atoms with E-state index in [0.29, 0.717) is 0 Å². The molecule has 1 rings (SSSR count). The third-order valence-corrected chi connectivity index (χ3v) is 0.646. The van der Waals surface area contributed by atoms with Crippen LogP contribution in [0.2, 0.25) is 0 Å². The zero-order chi connectivity index (χ0) is 5.11. The van der Waals surface area contributed by atoms with E-state index >= 15 is 0 Å². The number of pyridine rings is 1. The summed E-state index contributed by atoms with van der Waals surface area (Å²) in [6.07, 6.45) is 3.00. The van der Waals surface area contributed by atoms with Gasteiger partial charge in [0.1, 0.15) is 5.75 Å². The number of nitrogens with zero attached hydrogens (tertiary/aromatic N) is 1. The average molecular weight is 118 g/mol. The molecule has 0 bridgehead atoms. The fourth-order valence-corrected chi connectivity index (χ4v) is 0.354. The van der Waals surface area contributed by atoms with Crippen molar-refractivity contribution in [2.45, 2.75) is 0 Å². The smallest absolute Gasteiger partial charge is 0.133 e. The van der Waals surface area contributed by atoms with E-state index in [-0.39, 0.29) is 35.3 Å². The molecule has 1 aromatic heterocycles. The van der Waals surface area contributed by atoms with Crippen LogP contribution in [0.15, 0.2) is 24.5 Å².